The van der Waals surface area contributed by atoms with Gasteiger partial charge in [-0.15, -0.1) is 0 Å². The van der Waals surface area contributed by atoms with Gasteiger partial charge >= 0.3 is 12.5 Å². The molecular weight excluding hydrogens is 582 g/mol. The lowest BCUT2D eigenvalue weighted by Gasteiger charge is -2.33. The molecule has 2 N–H and O–H groups in total. The van der Waals surface area contributed by atoms with Gasteiger partial charge in [0.2, 0.25) is 0 Å². The van der Waals surface area contributed by atoms with Crippen LogP contribution in [0.2, 0.25) is 0 Å². The fourth-order valence-electron chi connectivity index (χ4n) is 5.10. The van der Waals surface area contributed by atoms with Crippen LogP contribution in [0.4, 0.5) is 32.0 Å². The smallest absolute Gasteiger partial charge is 0.362 e. The molecule has 0 aliphatic carbocycles. The molecule has 1 aliphatic rings. The first-order chi connectivity index (χ1) is 20.8. The number of halogens is 6. The van der Waals surface area contributed by atoms with Crippen LogP contribution in [-0.4, -0.2) is 53.7 Å². The number of benzene rings is 2. The third kappa shape index (κ3) is 7.79. The first-order valence-corrected chi connectivity index (χ1v) is 14.0. The molecule has 3 aromatic rings. The van der Waals surface area contributed by atoms with Crippen molar-refractivity contribution in [3.63, 3.8) is 0 Å². The lowest BCUT2D eigenvalue weighted by Crippen LogP contribution is -2.41. The molecule has 0 spiro atoms. The van der Waals surface area contributed by atoms with Gasteiger partial charge in [-0.2, -0.15) is 26.3 Å². The van der Waals surface area contributed by atoms with E-state index in [0.717, 1.165) is 31.3 Å². The van der Waals surface area contributed by atoms with E-state index in [0.29, 0.717) is 17.8 Å². The highest BCUT2D eigenvalue weighted by atomic mass is 19.4. The monoisotopic (exact) mass is 616 g/mol. The van der Waals surface area contributed by atoms with Gasteiger partial charge < -0.3 is 10.6 Å². The SMILES string of the molecule is C/C=C\C(=C/N(C)C(F)(F)F)NC1=NC(CN(C)C(CC)c2ccccc2)Nc2cc(-c3ncccc3C(F)(F)F)ccc21. The number of aromatic nitrogens is 1. The molecule has 2 heterocycles. The number of likely N-dealkylation sites (N-methyl/N-ethyl adjacent to an activating group) is 1. The fraction of sp³-hybridized carbons (Fsp3) is 0.312. The molecule has 0 saturated carbocycles. The Balaban J connectivity index is 1.75. The summed E-state index contributed by atoms with van der Waals surface area (Å²) in [5, 5.41) is 6.34. The molecule has 2 aromatic carbocycles. The molecule has 2 unspecified atom stereocenters. The molecule has 12 heteroatoms. The van der Waals surface area contributed by atoms with Crippen molar-refractivity contribution in [1.29, 1.82) is 0 Å². The average molecular weight is 617 g/mol. The van der Waals surface area contributed by atoms with Crippen molar-refractivity contribution >= 4 is 11.5 Å². The quantitative estimate of drug-likeness (QED) is 0.146. The van der Waals surface area contributed by atoms with Crippen LogP contribution in [0.5, 0.6) is 0 Å². The summed E-state index contributed by atoms with van der Waals surface area (Å²) in [6.07, 6.45) is -3.72. The van der Waals surface area contributed by atoms with E-state index in [1.54, 1.807) is 25.1 Å². The van der Waals surface area contributed by atoms with Crippen LogP contribution in [-0.2, 0) is 6.18 Å². The highest BCUT2D eigenvalue weighted by molar-refractivity contribution is 6.06. The van der Waals surface area contributed by atoms with Crippen LogP contribution in [0.3, 0.4) is 0 Å². The molecule has 1 aliphatic heterocycles. The first-order valence-electron chi connectivity index (χ1n) is 14.0. The van der Waals surface area contributed by atoms with Crippen molar-refractivity contribution in [2.24, 2.45) is 4.99 Å². The highest BCUT2D eigenvalue weighted by Gasteiger charge is 2.35. The third-order valence-electron chi connectivity index (χ3n) is 7.17. The molecule has 1 aromatic heterocycles. The van der Waals surface area contributed by atoms with Gasteiger partial charge in [-0.25, -0.2) is 4.99 Å². The van der Waals surface area contributed by atoms with Gasteiger partial charge in [0, 0.05) is 48.8 Å². The molecule has 44 heavy (non-hydrogen) atoms. The lowest BCUT2D eigenvalue weighted by atomic mass is 10.00. The number of alkyl halides is 6. The van der Waals surface area contributed by atoms with Gasteiger partial charge in [0.05, 0.1) is 17.0 Å². The largest absolute Gasteiger partial charge is 0.484 e. The summed E-state index contributed by atoms with van der Waals surface area (Å²) < 4.78 is 81.4. The Morgan fingerprint density at radius 1 is 1.02 bits per heavy atom. The normalized spacial score (nSPS) is 16.4. The fourth-order valence-corrected chi connectivity index (χ4v) is 5.10. The summed E-state index contributed by atoms with van der Waals surface area (Å²) in [6, 6.07) is 16.8. The molecule has 0 fully saturated rings. The molecule has 2 atom stereocenters. The van der Waals surface area contributed by atoms with E-state index < -0.39 is 24.2 Å². The van der Waals surface area contributed by atoms with Crippen LogP contribution in [0, 0.1) is 0 Å². The number of nitrogens with zero attached hydrogens (tertiary/aromatic N) is 4. The Kier molecular flexibility index (Phi) is 10.0. The van der Waals surface area contributed by atoms with Gasteiger partial charge in [-0.05, 0) is 56.3 Å². The number of aliphatic imine (C=N–C) groups is 1. The highest BCUT2D eigenvalue weighted by Crippen LogP contribution is 2.37. The maximum absolute atomic E-state index is 13.8. The Hall–Kier alpha value is -4.32. The van der Waals surface area contributed by atoms with E-state index in [1.165, 1.54) is 24.4 Å². The molecular formula is C32H34F6N6. The van der Waals surface area contributed by atoms with Gasteiger partial charge in [0.15, 0.2) is 0 Å². The molecule has 0 bridgehead atoms. The minimum atomic E-state index is -4.62. The van der Waals surface area contributed by atoms with E-state index in [9.17, 15) is 26.3 Å². The third-order valence-corrected chi connectivity index (χ3v) is 7.17. The number of nitrogens with one attached hydrogen (secondary N) is 2. The molecule has 0 amide bonds. The Bertz CT molecular complexity index is 1510. The zero-order valence-electron chi connectivity index (χ0n) is 24.7. The van der Waals surface area contributed by atoms with Crippen molar-refractivity contribution in [3.05, 3.63) is 108 Å². The molecule has 4 rings (SSSR count). The number of hydrogen-bond donors (Lipinski definition) is 2. The number of allylic oxidation sites excluding steroid dienone is 2. The summed E-state index contributed by atoms with van der Waals surface area (Å²) in [6.45, 7) is 4.13. The van der Waals surface area contributed by atoms with E-state index in [4.69, 9.17) is 4.99 Å². The van der Waals surface area contributed by atoms with E-state index >= 15 is 0 Å². The van der Waals surface area contributed by atoms with Crippen LogP contribution in [0.15, 0.2) is 95.9 Å². The van der Waals surface area contributed by atoms with E-state index in [-0.39, 0.29) is 33.7 Å². The Labute approximate surface area is 252 Å². The average Bonchev–Trinajstić information content (AvgIpc) is 2.97. The topological polar surface area (TPSA) is 55.8 Å². The maximum atomic E-state index is 13.8. The number of anilines is 1. The van der Waals surface area contributed by atoms with Gasteiger partial charge in [-0.1, -0.05) is 49.4 Å². The van der Waals surface area contributed by atoms with E-state index in [2.05, 4.69) is 27.4 Å². The van der Waals surface area contributed by atoms with Crippen molar-refractivity contribution in [1.82, 2.24) is 20.1 Å². The second kappa shape index (κ2) is 13.5. The second-order valence-electron chi connectivity index (χ2n) is 10.4. The second-order valence-corrected chi connectivity index (χ2v) is 10.4. The van der Waals surface area contributed by atoms with Gasteiger partial charge in [0.25, 0.3) is 0 Å². The predicted octanol–water partition coefficient (Wildman–Crippen LogP) is 7.81. The van der Waals surface area contributed by atoms with E-state index in [1.807, 2.05) is 37.4 Å². The molecule has 0 saturated heterocycles. The predicted molar refractivity (Wildman–Crippen MR) is 161 cm³/mol. The van der Waals surface area contributed by atoms with Crippen molar-refractivity contribution in [2.75, 3.05) is 26.0 Å². The van der Waals surface area contributed by atoms with Crippen molar-refractivity contribution in [2.45, 2.75) is 45.0 Å². The van der Waals surface area contributed by atoms with Crippen LogP contribution in [0.25, 0.3) is 11.3 Å². The summed E-state index contributed by atoms with van der Waals surface area (Å²) in [5.74, 6) is 0.272. The van der Waals surface area contributed by atoms with Crippen LogP contribution >= 0.6 is 0 Å². The molecule has 0 radical (unpaired) electrons. The van der Waals surface area contributed by atoms with Gasteiger partial charge in [-0.3, -0.25) is 14.8 Å². The Morgan fingerprint density at radius 2 is 1.75 bits per heavy atom. The summed E-state index contributed by atoms with van der Waals surface area (Å²) >= 11 is 0. The number of fused-ring (bicyclic) bond motifs is 1. The minimum absolute atomic E-state index is 0.0547. The zero-order chi connectivity index (χ0) is 32.1. The number of amidine groups is 1. The van der Waals surface area contributed by atoms with Crippen molar-refractivity contribution < 1.29 is 26.3 Å². The molecule has 6 nitrogen and oxygen atoms in total. The summed E-state index contributed by atoms with van der Waals surface area (Å²) in [5.41, 5.74) is 1.31. The molecule has 234 valence electrons. The standard InChI is InChI=1S/C32H34F6N6/c1-5-11-23(19-44(4)32(36,37)38)40-30-24-16-15-22(29-25(31(33,34)35)14-10-17-39-29)18-26(24)41-28(42-30)20-43(3)27(6-2)21-12-8-7-9-13-21/h5,7-19,27-28,41H,6,20H2,1-4H3,(H,40,42)/b11-5-,23-19+. The number of rotatable bonds is 9. The lowest BCUT2D eigenvalue weighted by molar-refractivity contribution is -0.219. The first kappa shape index (κ1) is 32.6. The Morgan fingerprint density at radius 3 is 2.39 bits per heavy atom. The summed E-state index contributed by atoms with van der Waals surface area (Å²) in [7, 11) is 2.84. The summed E-state index contributed by atoms with van der Waals surface area (Å²) in [4.78, 5) is 11.1. The van der Waals surface area contributed by atoms with Crippen LogP contribution in [0.1, 0.15) is 43.0 Å². The number of hydrogen-bond acceptors (Lipinski definition) is 6. The van der Waals surface area contributed by atoms with Gasteiger partial charge in [0.1, 0.15) is 12.0 Å². The maximum Gasteiger partial charge on any atom is 0.484 e. The zero-order valence-corrected chi connectivity index (χ0v) is 24.7. The van der Waals surface area contributed by atoms with Crippen LogP contribution < -0.4 is 10.6 Å². The number of pyridine rings is 1. The van der Waals surface area contributed by atoms with Crippen molar-refractivity contribution in [3.8, 4) is 11.3 Å². The minimum Gasteiger partial charge on any atom is -0.362 e.